The number of thioether (sulfide) groups is 1. The number of pyridine rings is 1. The highest BCUT2D eigenvalue weighted by atomic mass is 35.5. The first-order valence-electron chi connectivity index (χ1n) is 6.47. The Labute approximate surface area is 128 Å². The van der Waals surface area contributed by atoms with Crippen LogP contribution in [0.2, 0.25) is 5.15 Å². The lowest BCUT2D eigenvalue weighted by atomic mass is 10.1. The summed E-state index contributed by atoms with van der Waals surface area (Å²) in [6.45, 7) is 2.81. The van der Waals surface area contributed by atoms with Crippen LogP contribution in [0.25, 0.3) is 10.8 Å². The van der Waals surface area contributed by atoms with Crippen molar-refractivity contribution in [2.45, 2.75) is 18.6 Å². The molecule has 3 nitrogen and oxygen atoms in total. The summed E-state index contributed by atoms with van der Waals surface area (Å²) >= 11 is 7.85. The summed E-state index contributed by atoms with van der Waals surface area (Å²) in [4.78, 5) is 16.3. The number of aromatic nitrogens is 1. The van der Waals surface area contributed by atoms with E-state index in [9.17, 15) is 4.79 Å². The first-order chi connectivity index (χ1) is 9.63. The van der Waals surface area contributed by atoms with E-state index >= 15 is 0 Å². The smallest absolute Gasteiger partial charge is 0.253 e. The summed E-state index contributed by atoms with van der Waals surface area (Å²) < 4.78 is 0. The van der Waals surface area contributed by atoms with E-state index < -0.39 is 0 Å². The quantitative estimate of drug-likeness (QED) is 0.855. The number of nitrogens with one attached hydrogen (secondary N) is 1. The molecule has 0 fully saturated rings. The Kier molecular flexibility index (Phi) is 5.26. The molecule has 0 saturated carbocycles. The fraction of sp³-hybridized carbons (Fsp3) is 0.333. The van der Waals surface area contributed by atoms with Gasteiger partial charge in [-0.05, 0) is 18.1 Å². The molecule has 0 bridgehead atoms. The van der Waals surface area contributed by atoms with Gasteiger partial charge >= 0.3 is 0 Å². The standard InChI is InChI=1S/C15H17ClN2OS/c1-10(20-2)7-8-17-15(19)13-9-18-14(16)12-6-4-3-5-11(12)13/h3-6,9-10H,7-8H2,1-2H3,(H,17,19). The van der Waals surface area contributed by atoms with Crippen LogP contribution in [0.15, 0.2) is 30.5 Å². The van der Waals surface area contributed by atoms with Crippen LogP contribution >= 0.6 is 23.4 Å². The van der Waals surface area contributed by atoms with Gasteiger partial charge in [0.05, 0.1) is 5.56 Å². The molecule has 0 aliphatic carbocycles. The van der Waals surface area contributed by atoms with E-state index in [1.165, 1.54) is 6.20 Å². The third-order valence-electron chi connectivity index (χ3n) is 3.23. The molecule has 106 valence electrons. The SMILES string of the molecule is CSC(C)CCNC(=O)c1cnc(Cl)c2ccccc12. The van der Waals surface area contributed by atoms with E-state index in [1.54, 1.807) is 11.8 Å². The molecule has 1 aromatic carbocycles. The van der Waals surface area contributed by atoms with E-state index in [0.717, 1.165) is 17.2 Å². The lowest BCUT2D eigenvalue weighted by Crippen LogP contribution is -2.26. The third-order valence-corrected chi connectivity index (χ3v) is 4.57. The molecule has 0 radical (unpaired) electrons. The van der Waals surface area contributed by atoms with Gasteiger partial charge in [0.15, 0.2) is 0 Å². The van der Waals surface area contributed by atoms with Crippen LogP contribution in [0, 0.1) is 0 Å². The van der Waals surface area contributed by atoms with Crippen LogP contribution in [0.5, 0.6) is 0 Å². The Morgan fingerprint density at radius 1 is 1.40 bits per heavy atom. The van der Waals surface area contributed by atoms with Crippen LogP contribution in [0.4, 0.5) is 0 Å². The van der Waals surface area contributed by atoms with Gasteiger partial charge in [-0.15, -0.1) is 0 Å². The molecular formula is C15H17ClN2OS. The van der Waals surface area contributed by atoms with Gasteiger partial charge in [-0.25, -0.2) is 4.98 Å². The number of hydrogen-bond acceptors (Lipinski definition) is 3. The Morgan fingerprint density at radius 3 is 2.80 bits per heavy atom. The average molecular weight is 309 g/mol. The second kappa shape index (κ2) is 6.95. The molecule has 1 aromatic heterocycles. The molecule has 1 unspecified atom stereocenters. The molecule has 2 rings (SSSR count). The van der Waals surface area contributed by atoms with E-state index in [4.69, 9.17) is 11.6 Å². The summed E-state index contributed by atoms with van der Waals surface area (Å²) in [6, 6.07) is 7.54. The van der Waals surface area contributed by atoms with Crippen LogP contribution in [0.1, 0.15) is 23.7 Å². The fourth-order valence-corrected chi connectivity index (χ4v) is 2.51. The maximum absolute atomic E-state index is 12.2. The van der Waals surface area contributed by atoms with E-state index in [2.05, 4.69) is 23.5 Å². The number of rotatable bonds is 5. The molecule has 20 heavy (non-hydrogen) atoms. The van der Waals surface area contributed by atoms with Gasteiger partial charge in [0.2, 0.25) is 0 Å². The number of carbonyl (C=O) groups is 1. The van der Waals surface area contributed by atoms with Crippen LogP contribution < -0.4 is 5.32 Å². The zero-order chi connectivity index (χ0) is 14.5. The maximum Gasteiger partial charge on any atom is 0.253 e. The van der Waals surface area contributed by atoms with Crippen LogP contribution in [0.3, 0.4) is 0 Å². The highest BCUT2D eigenvalue weighted by Crippen LogP contribution is 2.24. The third kappa shape index (κ3) is 3.44. The minimum atomic E-state index is -0.0985. The summed E-state index contributed by atoms with van der Waals surface area (Å²) in [6.07, 6.45) is 4.56. The summed E-state index contributed by atoms with van der Waals surface area (Å²) in [5.74, 6) is -0.0985. The van der Waals surface area contributed by atoms with Gasteiger partial charge < -0.3 is 5.32 Å². The molecule has 1 heterocycles. The fourth-order valence-electron chi connectivity index (χ4n) is 1.94. The topological polar surface area (TPSA) is 42.0 Å². The van der Waals surface area contributed by atoms with E-state index in [-0.39, 0.29) is 5.91 Å². The number of fused-ring (bicyclic) bond motifs is 1. The molecule has 1 atom stereocenters. The predicted molar refractivity (Wildman–Crippen MR) is 86.7 cm³/mol. The highest BCUT2D eigenvalue weighted by Gasteiger charge is 2.12. The minimum absolute atomic E-state index is 0.0985. The van der Waals surface area contributed by atoms with Crippen molar-refractivity contribution in [3.05, 3.63) is 41.2 Å². The summed E-state index contributed by atoms with van der Waals surface area (Å²) in [5.41, 5.74) is 0.571. The first-order valence-corrected chi connectivity index (χ1v) is 8.14. The molecular weight excluding hydrogens is 292 g/mol. The number of halogens is 1. The normalized spacial score (nSPS) is 12.3. The Hall–Kier alpha value is -1.26. The van der Waals surface area contributed by atoms with Crippen molar-refractivity contribution in [2.75, 3.05) is 12.8 Å². The molecule has 0 aliphatic heterocycles. The summed E-state index contributed by atoms with van der Waals surface area (Å²) in [7, 11) is 0. The van der Waals surface area contributed by atoms with E-state index in [1.807, 2.05) is 24.3 Å². The number of carbonyl (C=O) groups excluding carboxylic acids is 1. The molecule has 0 aliphatic rings. The number of benzene rings is 1. The van der Waals surface area contributed by atoms with Crippen LogP contribution in [-0.4, -0.2) is 28.9 Å². The lowest BCUT2D eigenvalue weighted by molar-refractivity contribution is 0.0954. The molecule has 0 spiro atoms. The number of amides is 1. The Morgan fingerprint density at radius 2 is 2.10 bits per heavy atom. The molecule has 2 aromatic rings. The zero-order valence-electron chi connectivity index (χ0n) is 11.5. The van der Waals surface area contributed by atoms with Crippen molar-refractivity contribution >= 4 is 40.0 Å². The molecule has 0 saturated heterocycles. The van der Waals surface area contributed by atoms with Crippen molar-refractivity contribution in [1.82, 2.24) is 10.3 Å². The minimum Gasteiger partial charge on any atom is -0.352 e. The van der Waals surface area contributed by atoms with E-state index in [0.29, 0.717) is 22.5 Å². The number of nitrogens with zero attached hydrogens (tertiary/aromatic N) is 1. The maximum atomic E-state index is 12.2. The van der Waals surface area contributed by atoms with Gasteiger partial charge in [-0.1, -0.05) is 42.8 Å². The van der Waals surface area contributed by atoms with Crippen molar-refractivity contribution in [3.63, 3.8) is 0 Å². The van der Waals surface area contributed by atoms with Crippen molar-refractivity contribution in [1.29, 1.82) is 0 Å². The molecule has 1 amide bonds. The van der Waals surface area contributed by atoms with Gasteiger partial charge in [0.25, 0.3) is 5.91 Å². The van der Waals surface area contributed by atoms with Gasteiger partial charge in [0, 0.05) is 23.4 Å². The zero-order valence-corrected chi connectivity index (χ0v) is 13.1. The lowest BCUT2D eigenvalue weighted by Gasteiger charge is -2.10. The molecule has 5 heteroatoms. The van der Waals surface area contributed by atoms with Gasteiger partial charge in [-0.3, -0.25) is 4.79 Å². The Bertz CT molecular complexity index is 618. The van der Waals surface area contributed by atoms with Gasteiger partial charge in [0.1, 0.15) is 5.15 Å². The average Bonchev–Trinajstić information content (AvgIpc) is 2.47. The predicted octanol–water partition coefficient (Wildman–Crippen LogP) is 3.76. The second-order valence-corrected chi connectivity index (χ2v) is 6.23. The largest absolute Gasteiger partial charge is 0.352 e. The number of hydrogen-bond donors (Lipinski definition) is 1. The second-order valence-electron chi connectivity index (χ2n) is 4.60. The monoisotopic (exact) mass is 308 g/mol. The van der Waals surface area contributed by atoms with Crippen molar-refractivity contribution in [2.24, 2.45) is 0 Å². The molecule has 1 N–H and O–H groups in total. The highest BCUT2D eigenvalue weighted by molar-refractivity contribution is 7.99. The first kappa shape index (κ1) is 15.1. The van der Waals surface area contributed by atoms with Crippen LogP contribution in [-0.2, 0) is 0 Å². The van der Waals surface area contributed by atoms with Crippen molar-refractivity contribution < 1.29 is 4.79 Å². The summed E-state index contributed by atoms with van der Waals surface area (Å²) in [5, 5.41) is 5.54. The van der Waals surface area contributed by atoms with Crippen molar-refractivity contribution in [3.8, 4) is 0 Å². The Balaban J connectivity index is 2.16. The van der Waals surface area contributed by atoms with Gasteiger partial charge in [-0.2, -0.15) is 11.8 Å².